The van der Waals surface area contributed by atoms with Crippen LogP contribution in [0, 0.1) is 0 Å². The van der Waals surface area contributed by atoms with Gasteiger partial charge in [0.25, 0.3) is 0 Å². The van der Waals surface area contributed by atoms with Gasteiger partial charge in [0, 0.05) is 18.8 Å². The number of rotatable bonds is 2. The Morgan fingerprint density at radius 3 is 1.86 bits per heavy atom. The van der Waals surface area contributed by atoms with E-state index in [9.17, 15) is 5.11 Å². The molecule has 1 aromatic rings. The molecule has 21 heavy (non-hydrogen) atoms. The lowest BCUT2D eigenvalue weighted by molar-refractivity contribution is 0.00578. The van der Waals surface area contributed by atoms with Crippen molar-refractivity contribution < 1.29 is 14.4 Å². The standard InChI is InChI=1S/C16H24BNO3/c1-14(2)15(3,4)21-17(20-14)12-6-8-13(9-7-12)18-10-16(5,19)11-18/h6-9,19H,10-11H2,1-5H3. The average Bonchev–Trinajstić information content (AvgIpc) is 2.56. The number of benzene rings is 1. The zero-order chi connectivity index (χ0) is 15.5. The van der Waals surface area contributed by atoms with E-state index in [1.807, 2.05) is 19.1 Å². The molecule has 2 saturated heterocycles. The highest BCUT2D eigenvalue weighted by Crippen LogP contribution is 2.36. The lowest BCUT2D eigenvalue weighted by atomic mass is 9.79. The van der Waals surface area contributed by atoms with Crippen LogP contribution in [-0.4, -0.2) is 42.1 Å². The summed E-state index contributed by atoms with van der Waals surface area (Å²) in [5, 5.41) is 9.81. The molecule has 5 heteroatoms. The Morgan fingerprint density at radius 2 is 1.43 bits per heavy atom. The molecule has 0 unspecified atom stereocenters. The number of hydrogen-bond donors (Lipinski definition) is 1. The first-order valence-electron chi connectivity index (χ1n) is 7.53. The van der Waals surface area contributed by atoms with Crippen LogP contribution in [-0.2, 0) is 9.31 Å². The van der Waals surface area contributed by atoms with Gasteiger partial charge in [-0.3, -0.25) is 0 Å². The van der Waals surface area contributed by atoms with Crippen LogP contribution in [0.25, 0.3) is 0 Å². The third-order valence-corrected chi connectivity index (χ3v) is 4.85. The van der Waals surface area contributed by atoms with Gasteiger partial charge in [-0.1, -0.05) is 12.1 Å². The summed E-state index contributed by atoms with van der Waals surface area (Å²) in [6.45, 7) is 11.5. The number of nitrogens with zero attached hydrogens (tertiary/aromatic N) is 1. The van der Waals surface area contributed by atoms with Gasteiger partial charge in [-0.15, -0.1) is 0 Å². The predicted molar refractivity (Wildman–Crippen MR) is 85.0 cm³/mol. The molecule has 0 radical (unpaired) electrons. The molecule has 0 bridgehead atoms. The second-order valence-corrected chi connectivity index (χ2v) is 7.53. The van der Waals surface area contributed by atoms with Crippen LogP contribution in [0.5, 0.6) is 0 Å². The van der Waals surface area contributed by atoms with Gasteiger partial charge in [0.1, 0.15) is 0 Å². The van der Waals surface area contributed by atoms with Gasteiger partial charge in [0.2, 0.25) is 0 Å². The van der Waals surface area contributed by atoms with Crippen LogP contribution in [0.2, 0.25) is 0 Å². The predicted octanol–water partition coefficient (Wildman–Crippen LogP) is 1.56. The second-order valence-electron chi connectivity index (χ2n) is 7.53. The second kappa shape index (κ2) is 4.48. The van der Waals surface area contributed by atoms with Crippen LogP contribution >= 0.6 is 0 Å². The van der Waals surface area contributed by atoms with Gasteiger partial charge in [0.15, 0.2) is 0 Å². The molecule has 2 aliphatic rings. The van der Waals surface area contributed by atoms with Crippen molar-refractivity contribution in [1.29, 1.82) is 0 Å². The van der Waals surface area contributed by atoms with Gasteiger partial charge < -0.3 is 19.3 Å². The van der Waals surface area contributed by atoms with E-state index in [0.717, 1.165) is 11.2 Å². The van der Waals surface area contributed by atoms with Gasteiger partial charge >= 0.3 is 7.12 Å². The minimum Gasteiger partial charge on any atom is -0.399 e. The summed E-state index contributed by atoms with van der Waals surface area (Å²) in [6, 6.07) is 8.22. The fourth-order valence-electron chi connectivity index (χ4n) is 2.78. The summed E-state index contributed by atoms with van der Waals surface area (Å²) in [4.78, 5) is 2.16. The lowest BCUT2D eigenvalue weighted by Gasteiger charge is -2.45. The minimum atomic E-state index is -0.551. The molecular formula is C16H24BNO3. The monoisotopic (exact) mass is 289 g/mol. The first-order valence-corrected chi connectivity index (χ1v) is 7.53. The average molecular weight is 289 g/mol. The molecule has 0 spiro atoms. The lowest BCUT2D eigenvalue weighted by Crippen LogP contribution is -2.60. The van der Waals surface area contributed by atoms with E-state index in [2.05, 4.69) is 44.7 Å². The van der Waals surface area contributed by atoms with Crippen LogP contribution in [0.1, 0.15) is 34.6 Å². The van der Waals surface area contributed by atoms with E-state index >= 15 is 0 Å². The fraction of sp³-hybridized carbons (Fsp3) is 0.625. The van der Waals surface area contributed by atoms with Gasteiger partial charge in [-0.05, 0) is 52.2 Å². The summed E-state index contributed by atoms with van der Waals surface area (Å²) in [5.74, 6) is 0. The van der Waals surface area contributed by atoms with Gasteiger partial charge in [0.05, 0.1) is 16.8 Å². The highest BCUT2D eigenvalue weighted by Gasteiger charge is 2.51. The van der Waals surface area contributed by atoms with E-state index in [-0.39, 0.29) is 18.3 Å². The Morgan fingerprint density at radius 1 is 0.952 bits per heavy atom. The summed E-state index contributed by atoms with van der Waals surface area (Å²) in [6.07, 6.45) is 0. The molecule has 114 valence electrons. The topological polar surface area (TPSA) is 41.9 Å². The molecule has 0 aromatic heterocycles. The van der Waals surface area contributed by atoms with E-state index in [4.69, 9.17) is 9.31 Å². The Balaban J connectivity index is 1.71. The molecule has 0 aliphatic carbocycles. The van der Waals surface area contributed by atoms with Crippen LogP contribution < -0.4 is 10.4 Å². The highest BCUT2D eigenvalue weighted by molar-refractivity contribution is 6.62. The molecule has 1 N–H and O–H groups in total. The third kappa shape index (κ3) is 2.58. The molecule has 3 rings (SSSR count). The maximum absolute atomic E-state index is 9.81. The van der Waals surface area contributed by atoms with Crippen molar-refractivity contribution in [2.45, 2.75) is 51.4 Å². The van der Waals surface area contributed by atoms with E-state index in [1.54, 1.807) is 0 Å². The first kappa shape index (κ1) is 14.9. The molecule has 2 heterocycles. The summed E-state index contributed by atoms with van der Waals surface area (Å²) in [5.41, 5.74) is 0.982. The van der Waals surface area contributed by atoms with Gasteiger partial charge in [-0.2, -0.15) is 0 Å². The largest absolute Gasteiger partial charge is 0.494 e. The molecule has 0 saturated carbocycles. The zero-order valence-electron chi connectivity index (χ0n) is 13.5. The third-order valence-electron chi connectivity index (χ3n) is 4.85. The first-order chi connectivity index (χ1) is 9.60. The Labute approximate surface area is 127 Å². The van der Waals surface area contributed by atoms with Crippen LogP contribution in [0.15, 0.2) is 24.3 Å². The van der Waals surface area contributed by atoms with E-state index < -0.39 is 5.60 Å². The number of aliphatic hydroxyl groups is 1. The Bertz CT molecular complexity index is 515. The molecule has 0 atom stereocenters. The number of anilines is 1. The van der Waals surface area contributed by atoms with Crippen molar-refractivity contribution in [3.63, 3.8) is 0 Å². The molecule has 0 amide bonds. The maximum Gasteiger partial charge on any atom is 0.494 e. The SMILES string of the molecule is CC1(O)CN(c2ccc(B3OC(C)(C)C(C)(C)O3)cc2)C1. The minimum absolute atomic E-state index is 0.313. The highest BCUT2D eigenvalue weighted by atomic mass is 16.7. The zero-order valence-corrected chi connectivity index (χ0v) is 13.5. The molecule has 2 aliphatic heterocycles. The molecule has 2 fully saturated rings. The number of hydrogen-bond acceptors (Lipinski definition) is 4. The fourth-order valence-corrected chi connectivity index (χ4v) is 2.78. The van der Waals surface area contributed by atoms with Gasteiger partial charge in [-0.25, -0.2) is 0 Å². The molecular weight excluding hydrogens is 265 g/mol. The number of β-amino-alcohol motifs (C(OH)–C–C–N with tert-alkyl or cyclic N) is 1. The van der Waals surface area contributed by atoms with Crippen LogP contribution in [0.3, 0.4) is 0 Å². The Kier molecular flexibility index (Phi) is 3.17. The normalized spacial score (nSPS) is 25.8. The van der Waals surface area contributed by atoms with Crippen molar-refractivity contribution in [3.05, 3.63) is 24.3 Å². The molecule has 1 aromatic carbocycles. The summed E-state index contributed by atoms with van der Waals surface area (Å²) >= 11 is 0. The van der Waals surface area contributed by atoms with Crippen molar-refractivity contribution in [2.75, 3.05) is 18.0 Å². The van der Waals surface area contributed by atoms with Crippen molar-refractivity contribution in [1.82, 2.24) is 0 Å². The van der Waals surface area contributed by atoms with E-state index in [1.165, 1.54) is 0 Å². The Hall–Kier alpha value is -1.04. The smallest absolute Gasteiger partial charge is 0.399 e. The maximum atomic E-state index is 9.81. The summed E-state index contributed by atoms with van der Waals surface area (Å²) < 4.78 is 12.1. The summed E-state index contributed by atoms with van der Waals surface area (Å²) in [7, 11) is -0.316. The van der Waals surface area contributed by atoms with E-state index in [0.29, 0.717) is 13.1 Å². The van der Waals surface area contributed by atoms with Crippen molar-refractivity contribution in [3.8, 4) is 0 Å². The van der Waals surface area contributed by atoms with Crippen LogP contribution in [0.4, 0.5) is 5.69 Å². The van der Waals surface area contributed by atoms with Crippen molar-refractivity contribution >= 4 is 18.3 Å². The molecule has 4 nitrogen and oxygen atoms in total. The van der Waals surface area contributed by atoms with Crippen molar-refractivity contribution in [2.24, 2.45) is 0 Å². The quantitative estimate of drug-likeness (QED) is 0.839.